The zero-order chi connectivity index (χ0) is 6.85. The Morgan fingerprint density at radius 2 is 2.56 bits per heavy atom. The predicted octanol–water partition coefficient (Wildman–Crippen LogP) is 1.92. The topological polar surface area (TPSA) is 17.8 Å². The number of hydrogen-bond donors (Lipinski definition) is 0. The van der Waals surface area contributed by atoms with E-state index in [1.54, 1.807) is 4.68 Å². The van der Waals surface area contributed by atoms with Crippen molar-refractivity contribution >= 4 is 27.5 Å². The fourth-order valence-electron chi connectivity index (χ4n) is 0.600. The molecule has 1 aromatic heterocycles. The average molecular weight is 209 g/mol. The van der Waals surface area contributed by atoms with Crippen LogP contribution in [0.25, 0.3) is 0 Å². The van der Waals surface area contributed by atoms with Crippen molar-refractivity contribution in [2.24, 2.45) is 7.05 Å². The molecule has 2 nitrogen and oxygen atoms in total. The maximum absolute atomic E-state index is 5.56. The van der Waals surface area contributed by atoms with E-state index in [0.717, 1.165) is 10.2 Å². The smallest absolute Gasteiger partial charge is 0.132 e. The van der Waals surface area contributed by atoms with Gasteiger partial charge in [0, 0.05) is 18.8 Å². The molecule has 0 radical (unpaired) electrons. The molecule has 4 heteroatoms. The first kappa shape index (κ1) is 7.09. The van der Waals surface area contributed by atoms with Gasteiger partial charge in [-0.05, 0) is 15.9 Å². The van der Waals surface area contributed by atoms with Crippen molar-refractivity contribution in [2.75, 3.05) is 0 Å². The molecule has 1 aromatic rings. The molecule has 0 spiro atoms. The van der Waals surface area contributed by atoms with Crippen LogP contribution in [-0.4, -0.2) is 9.78 Å². The van der Waals surface area contributed by atoms with Crippen LogP contribution in [-0.2, 0) is 12.9 Å². The van der Waals surface area contributed by atoms with Gasteiger partial charge in [-0.1, -0.05) is 0 Å². The number of aromatic nitrogens is 2. The van der Waals surface area contributed by atoms with E-state index in [1.807, 2.05) is 13.2 Å². The molecule has 0 bridgehead atoms. The van der Waals surface area contributed by atoms with Crippen LogP contribution < -0.4 is 0 Å². The number of rotatable bonds is 1. The standard InChI is InChI=1S/C5H6BrClN2/c1-9-3-4(2-7)5(6)8-9/h3H,2H2,1H3. The van der Waals surface area contributed by atoms with E-state index < -0.39 is 0 Å². The van der Waals surface area contributed by atoms with Gasteiger partial charge in [0.1, 0.15) is 4.60 Å². The van der Waals surface area contributed by atoms with E-state index in [2.05, 4.69) is 21.0 Å². The summed E-state index contributed by atoms with van der Waals surface area (Å²) in [5.74, 6) is 0.508. The lowest BCUT2D eigenvalue weighted by molar-refractivity contribution is 0.760. The first-order valence-electron chi connectivity index (χ1n) is 2.48. The minimum Gasteiger partial charge on any atom is -0.274 e. The maximum Gasteiger partial charge on any atom is 0.132 e. The summed E-state index contributed by atoms with van der Waals surface area (Å²) in [5, 5.41) is 4.03. The Bertz CT molecular complexity index is 209. The van der Waals surface area contributed by atoms with E-state index in [1.165, 1.54) is 0 Å². The number of alkyl halides is 1. The van der Waals surface area contributed by atoms with Crippen molar-refractivity contribution in [2.45, 2.75) is 5.88 Å². The highest BCUT2D eigenvalue weighted by Gasteiger charge is 2.00. The van der Waals surface area contributed by atoms with Crippen molar-refractivity contribution < 1.29 is 0 Å². The van der Waals surface area contributed by atoms with Gasteiger partial charge in [-0.15, -0.1) is 11.6 Å². The quantitative estimate of drug-likeness (QED) is 0.646. The first-order valence-corrected chi connectivity index (χ1v) is 3.81. The number of aryl methyl sites for hydroxylation is 1. The molecule has 0 aromatic carbocycles. The molecule has 9 heavy (non-hydrogen) atoms. The van der Waals surface area contributed by atoms with Crippen LogP contribution in [0, 0.1) is 0 Å². The third-order valence-corrected chi connectivity index (χ3v) is 1.95. The van der Waals surface area contributed by atoms with Crippen LogP contribution in [0.15, 0.2) is 10.8 Å². The highest BCUT2D eigenvalue weighted by atomic mass is 79.9. The highest BCUT2D eigenvalue weighted by molar-refractivity contribution is 9.10. The molecule has 0 saturated heterocycles. The van der Waals surface area contributed by atoms with Gasteiger partial charge in [0.2, 0.25) is 0 Å². The molecule has 0 atom stereocenters. The minimum atomic E-state index is 0.508. The Balaban J connectivity index is 3.01. The fraction of sp³-hybridized carbons (Fsp3) is 0.400. The molecule has 0 aliphatic heterocycles. The number of halogens is 2. The molecule has 0 N–H and O–H groups in total. The molecule has 0 unspecified atom stereocenters. The zero-order valence-electron chi connectivity index (χ0n) is 4.93. The predicted molar refractivity (Wildman–Crippen MR) is 40.5 cm³/mol. The van der Waals surface area contributed by atoms with Gasteiger partial charge in [0.15, 0.2) is 0 Å². The van der Waals surface area contributed by atoms with Gasteiger partial charge >= 0.3 is 0 Å². The molecule has 0 fully saturated rings. The molecule has 1 rings (SSSR count). The SMILES string of the molecule is Cn1cc(CCl)c(Br)n1. The van der Waals surface area contributed by atoms with Gasteiger partial charge in [0.25, 0.3) is 0 Å². The summed E-state index contributed by atoms with van der Waals surface area (Å²) in [5.41, 5.74) is 1.03. The van der Waals surface area contributed by atoms with Crippen molar-refractivity contribution in [3.63, 3.8) is 0 Å². The molecule has 0 aliphatic rings. The first-order chi connectivity index (χ1) is 4.24. The lowest BCUT2D eigenvalue weighted by Gasteiger charge is -1.81. The van der Waals surface area contributed by atoms with Gasteiger partial charge in [-0.2, -0.15) is 5.10 Å². The van der Waals surface area contributed by atoms with Crippen molar-refractivity contribution in [3.05, 3.63) is 16.4 Å². The second kappa shape index (κ2) is 2.71. The van der Waals surface area contributed by atoms with Crippen LogP contribution >= 0.6 is 27.5 Å². The van der Waals surface area contributed by atoms with Gasteiger partial charge < -0.3 is 0 Å². The Morgan fingerprint density at radius 1 is 1.89 bits per heavy atom. The van der Waals surface area contributed by atoms with Crippen molar-refractivity contribution in [1.29, 1.82) is 0 Å². The molecule has 0 saturated carbocycles. The number of nitrogens with zero attached hydrogens (tertiary/aromatic N) is 2. The Labute approximate surface area is 66.9 Å². The lowest BCUT2D eigenvalue weighted by Crippen LogP contribution is -1.84. The van der Waals surface area contributed by atoms with Crippen molar-refractivity contribution in [1.82, 2.24) is 9.78 Å². The normalized spacial score (nSPS) is 10.1. The third kappa shape index (κ3) is 1.46. The number of hydrogen-bond acceptors (Lipinski definition) is 1. The molecule has 0 amide bonds. The second-order valence-corrected chi connectivity index (χ2v) is 2.77. The summed E-state index contributed by atoms with van der Waals surface area (Å²) in [4.78, 5) is 0. The summed E-state index contributed by atoms with van der Waals surface area (Å²) in [6, 6.07) is 0. The summed E-state index contributed by atoms with van der Waals surface area (Å²) in [6.07, 6.45) is 1.89. The van der Waals surface area contributed by atoms with Gasteiger partial charge in [-0.25, -0.2) is 0 Å². The van der Waals surface area contributed by atoms with E-state index in [0.29, 0.717) is 5.88 Å². The van der Waals surface area contributed by atoms with E-state index in [9.17, 15) is 0 Å². The lowest BCUT2D eigenvalue weighted by atomic mass is 10.4. The monoisotopic (exact) mass is 208 g/mol. The molecule has 1 heterocycles. The Morgan fingerprint density at radius 3 is 2.78 bits per heavy atom. The van der Waals surface area contributed by atoms with Crippen LogP contribution in [0.2, 0.25) is 0 Å². The van der Waals surface area contributed by atoms with Crippen molar-refractivity contribution in [3.8, 4) is 0 Å². The Kier molecular flexibility index (Phi) is 2.13. The molecular weight excluding hydrogens is 203 g/mol. The average Bonchev–Trinajstić information content (AvgIpc) is 2.10. The van der Waals surface area contributed by atoms with Crippen LogP contribution in [0.3, 0.4) is 0 Å². The third-order valence-electron chi connectivity index (χ3n) is 0.997. The summed E-state index contributed by atoms with van der Waals surface area (Å²) in [6.45, 7) is 0. The fourth-order valence-corrected chi connectivity index (χ4v) is 1.45. The molecule has 50 valence electrons. The molecule has 0 aliphatic carbocycles. The van der Waals surface area contributed by atoms with E-state index in [-0.39, 0.29) is 0 Å². The second-order valence-electron chi connectivity index (χ2n) is 1.75. The van der Waals surface area contributed by atoms with Crippen LogP contribution in [0.5, 0.6) is 0 Å². The van der Waals surface area contributed by atoms with Crippen LogP contribution in [0.1, 0.15) is 5.56 Å². The summed E-state index contributed by atoms with van der Waals surface area (Å²) >= 11 is 8.82. The van der Waals surface area contributed by atoms with Gasteiger partial charge in [-0.3, -0.25) is 4.68 Å². The van der Waals surface area contributed by atoms with E-state index >= 15 is 0 Å². The maximum atomic E-state index is 5.56. The summed E-state index contributed by atoms with van der Waals surface area (Å²) in [7, 11) is 1.86. The minimum absolute atomic E-state index is 0.508. The summed E-state index contributed by atoms with van der Waals surface area (Å²) < 4.78 is 2.56. The zero-order valence-corrected chi connectivity index (χ0v) is 7.28. The Hall–Kier alpha value is -0.0200. The van der Waals surface area contributed by atoms with Crippen LogP contribution in [0.4, 0.5) is 0 Å². The van der Waals surface area contributed by atoms with Gasteiger partial charge in [0.05, 0.1) is 5.88 Å². The largest absolute Gasteiger partial charge is 0.274 e. The molecular formula is C5H6BrClN2. The highest BCUT2D eigenvalue weighted by Crippen LogP contribution is 2.14. The van der Waals surface area contributed by atoms with E-state index in [4.69, 9.17) is 11.6 Å².